The summed E-state index contributed by atoms with van der Waals surface area (Å²) in [5.41, 5.74) is -3.49. The van der Waals surface area contributed by atoms with Gasteiger partial charge in [0.1, 0.15) is 0 Å². The van der Waals surface area contributed by atoms with Crippen molar-refractivity contribution in [3.05, 3.63) is 27.6 Å². The zero-order valence-corrected chi connectivity index (χ0v) is 8.82. The summed E-state index contributed by atoms with van der Waals surface area (Å²) in [7, 11) is 0. The summed E-state index contributed by atoms with van der Waals surface area (Å²) < 4.78 is 64.4. The number of pyridine rings is 1. The van der Waals surface area contributed by atoms with Crippen LogP contribution in [-0.4, -0.2) is 21.4 Å². The number of hydrogen-bond donors (Lipinski definition) is 1. The molecular formula is C8H5F5N2O4. The number of aliphatic hydroxyl groups is 1. The molecule has 1 rings (SSSR count). The number of aliphatic hydroxyl groups excluding tert-OH is 1. The molecule has 1 aromatic heterocycles. The van der Waals surface area contributed by atoms with Gasteiger partial charge < -0.3 is 9.84 Å². The number of aromatic nitrogens is 1. The molecule has 0 aliphatic carbocycles. The molecule has 106 valence electrons. The van der Waals surface area contributed by atoms with E-state index in [9.17, 15) is 32.1 Å². The fraction of sp³-hybridized carbons (Fsp3) is 0.375. The van der Waals surface area contributed by atoms with E-state index in [0.717, 1.165) is 0 Å². The zero-order chi connectivity index (χ0) is 14.8. The fourth-order valence-electron chi connectivity index (χ4n) is 1.18. The topological polar surface area (TPSA) is 85.5 Å². The summed E-state index contributed by atoms with van der Waals surface area (Å²) in [5.74, 6) is -1.69. The Balaban J connectivity index is 3.49. The van der Waals surface area contributed by atoms with Crippen molar-refractivity contribution in [1.82, 2.24) is 4.98 Å². The van der Waals surface area contributed by atoms with Crippen molar-refractivity contribution in [3.63, 3.8) is 0 Å². The molecule has 0 aromatic carbocycles. The van der Waals surface area contributed by atoms with Crippen LogP contribution in [-0.2, 0) is 6.61 Å². The predicted molar refractivity (Wildman–Crippen MR) is 48.5 cm³/mol. The van der Waals surface area contributed by atoms with Crippen LogP contribution in [0.1, 0.15) is 17.8 Å². The lowest BCUT2D eigenvalue weighted by molar-refractivity contribution is -0.389. The van der Waals surface area contributed by atoms with Gasteiger partial charge in [0, 0.05) is 6.07 Å². The molecule has 0 saturated heterocycles. The maximum atomic E-state index is 12.5. The number of nitrogens with zero attached hydrogens (tertiary/aromatic N) is 2. The van der Waals surface area contributed by atoms with Crippen molar-refractivity contribution in [2.45, 2.75) is 19.4 Å². The van der Waals surface area contributed by atoms with E-state index in [1.165, 1.54) is 0 Å². The van der Waals surface area contributed by atoms with Gasteiger partial charge in [-0.25, -0.2) is 13.8 Å². The molecule has 1 N–H and O–H groups in total. The second-order valence-corrected chi connectivity index (χ2v) is 3.11. The second-order valence-electron chi connectivity index (χ2n) is 3.11. The maximum Gasteiger partial charge on any atom is 0.573 e. The molecule has 1 heterocycles. The van der Waals surface area contributed by atoms with Crippen molar-refractivity contribution in [2.75, 3.05) is 0 Å². The fourth-order valence-corrected chi connectivity index (χ4v) is 1.18. The molecule has 0 aliphatic rings. The molecule has 0 saturated carbocycles. The molecule has 0 spiro atoms. The highest BCUT2D eigenvalue weighted by Crippen LogP contribution is 2.39. The highest BCUT2D eigenvalue weighted by Gasteiger charge is 2.38. The van der Waals surface area contributed by atoms with Crippen LogP contribution in [0.5, 0.6) is 5.75 Å². The summed E-state index contributed by atoms with van der Waals surface area (Å²) in [6.07, 6.45) is -8.93. The minimum atomic E-state index is -5.39. The predicted octanol–water partition coefficient (Wildman–Crippen LogP) is 2.32. The van der Waals surface area contributed by atoms with E-state index in [1.807, 2.05) is 0 Å². The zero-order valence-electron chi connectivity index (χ0n) is 8.82. The number of rotatable bonds is 4. The molecule has 0 amide bonds. The van der Waals surface area contributed by atoms with Gasteiger partial charge in [-0.1, -0.05) is 0 Å². The number of alkyl halides is 5. The molecule has 1 aromatic rings. The van der Waals surface area contributed by atoms with Crippen LogP contribution in [0.25, 0.3) is 0 Å². The van der Waals surface area contributed by atoms with Gasteiger partial charge in [0.2, 0.25) is 5.75 Å². The summed E-state index contributed by atoms with van der Waals surface area (Å²) in [6.45, 7) is -0.952. The SMILES string of the molecule is O=[N+]([O-])c1cc(CO)nc(C(F)F)c1OC(F)(F)F. The molecule has 0 radical (unpaired) electrons. The Morgan fingerprint density at radius 2 is 2.05 bits per heavy atom. The standard InChI is InChI=1S/C8H5F5N2O4/c9-7(10)5-6(19-8(11,12)13)4(15(17)18)1-3(2-16)14-5/h1,7,16H,2H2. The molecular weight excluding hydrogens is 283 g/mol. The molecule has 0 bridgehead atoms. The quantitative estimate of drug-likeness (QED) is 0.522. The van der Waals surface area contributed by atoms with Crippen LogP contribution >= 0.6 is 0 Å². The average Bonchev–Trinajstić information content (AvgIpc) is 2.26. The van der Waals surface area contributed by atoms with Crippen molar-refractivity contribution < 1.29 is 36.7 Å². The van der Waals surface area contributed by atoms with Gasteiger partial charge in [0.05, 0.1) is 17.2 Å². The normalized spacial score (nSPS) is 11.7. The molecule has 0 atom stereocenters. The minimum Gasteiger partial charge on any atom is -0.396 e. The first-order valence-corrected chi connectivity index (χ1v) is 4.48. The molecule has 6 nitrogen and oxygen atoms in total. The largest absolute Gasteiger partial charge is 0.573 e. The summed E-state index contributed by atoms with van der Waals surface area (Å²) in [6, 6.07) is 0.424. The smallest absolute Gasteiger partial charge is 0.396 e. The van der Waals surface area contributed by atoms with Crippen molar-refractivity contribution in [1.29, 1.82) is 0 Å². The maximum absolute atomic E-state index is 12.5. The van der Waals surface area contributed by atoms with E-state index in [2.05, 4.69) is 9.72 Å². The average molecular weight is 288 g/mol. The Labute approximate surface area is 101 Å². The molecule has 0 aliphatic heterocycles. The first-order valence-electron chi connectivity index (χ1n) is 4.48. The Kier molecular flexibility index (Phi) is 4.19. The first kappa shape index (κ1) is 15.0. The van der Waals surface area contributed by atoms with Gasteiger partial charge in [0.15, 0.2) is 5.69 Å². The molecule has 0 fully saturated rings. The molecule has 11 heteroatoms. The highest BCUT2D eigenvalue weighted by atomic mass is 19.4. The Bertz CT molecular complexity index is 491. The van der Waals surface area contributed by atoms with Gasteiger partial charge >= 0.3 is 12.0 Å². The van der Waals surface area contributed by atoms with Crippen LogP contribution in [0, 0.1) is 10.1 Å². The van der Waals surface area contributed by atoms with Crippen LogP contribution in [0.4, 0.5) is 27.6 Å². The van der Waals surface area contributed by atoms with E-state index >= 15 is 0 Å². The Morgan fingerprint density at radius 1 is 1.47 bits per heavy atom. The second kappa shape index (κ2) is 5.30. The van der Waals surface area contributed by atoms with Crippen LogP contribution < -0.4 is 4.74 Å². The van der Waals surface area contributed by atoms with E-state index in [-0.39, 0.29) is 0 Å². The van der Waals surface area contributed by atoms with E-state index in [0.29, 0.717) is 6.07 Å². The van der Waals surface area contributed by atoms with Crippen LogP contribution in [0.15, 0.2) is 6.07 Å². The number of halogens is 5. The third kappa shape index (κ3) is 3.71. The van der Waals surface area contributed by atoms with Crippen LogP contribution in [0.2, 0.25) is 0 Å². The number of nitro groups is 1. The van der Waals surface area contributed by atoms with E-state index < -0.39 is 47.1 Å². The monoisotopic (exact) mass is 288 g/mol. The lowest BCUT2D eigenvalue weighted by atomic mass is 10.2. The summed E-state index contributed by atoms with van der Waals surface area (Å²) in [4.78, 5) is 12.2. The lowest BCUT2D eigenvalue weighted by Gasteiger charge is -2.13. The Morgan fingerprint density at radius 3 is 2.42 bits per heavy atom. The van der Waals surface area contributed by atoms with Gasteiger partial charge in [-0.3, -0.25) is 10.1 Å². The van der Waals surface area contributed by atoms with Crippen molar-refractivity contribution in [2.24, 2.45) is 0 Å². The third-order valence-corrected chi connectivity index (χ3v) is 1.82. The van der Waals surface area contributed by atoms with Gasteiger partial charge in [-0.15, -0.1) is 13.2 Å². The summed E-state index contributed by atoms with van der Waals surface area (Å²) in [5, 5.41) is 19.2. The Hall–Kier alpha value is -2.04. The van der Waals surface area contributed by atoms with Gasteiger partial charge in [-0.05, 0) is 0 Å². The van der Waals surface area contributed by atoms with E-state index in [4.69, 9.17) is 5.11 Å². The van der Waals surface area contributed by atoms with Gasteiger partial charge in [0.25, 0.3) is 6.43 Å². The van der Waals surface area contributed by atoms with Crippen molar-refractivity contribution in [3.8, 4) is 5.75 Å². The first-order chi connectivity index (χ1) is 8.65. The number of hydrogen-bond acceptors (Lipinski definition) is 5. The van der Waals surface area contributed by atoms with Crippen LogP contribution in [0.3, 0.4) is 0 Å². The van der Waals surface area contributed by atoms with Gasteiger partial charge in [-0.2, -0.15) is 0 Å². The molecule has 19 heavy (non-hydrogen) atoms. The van der Waals surface area contributed by atoms with E-state index in [1.54, 1.807) is 0 Å². The highest BCUT2D eigenvalue weighted by molar-refractivity contribution is 5.50. The van der Waals surface area contributed by atoms with Crippen molar-refractivity contribution >= 4 is 5.69 Å². The third-order valence-electron chi connectivity index (χ3n) is 1.82. The molecule has 0 unspecified atom stereocenters. The lowest BCUT2D eigenvalue weighted by Crippen LogP contribution is -2.20. The number of ether oxygens (including phenoxy) is 1. The summed E-state index contributed by atoms with van der Waals surface area (Å²) >= 11 is 0. The minimum absolute atomic E-state index is 0.424.